The largest absolute Gasteiger partial charge is 0.467 e. The van der Waals surface area contributed by atoms with E-state index in [1.54, 1.807) is 12.4 Å². The second kappa shape index (κ2) is 5.26. The van der Waals surface area contributed by atoms with Gasteiger partial charge in [-0.05, 0) is 24.6 Å². The van der Waals surface area contributed by atoms with Crippen LogP contribution >= 0.6 is 0 Å². The molecule has 18 heavy (non-hydrogen) atoms. The number of ether oxygens (including phenoxy) is 1. The van der Waals surface area contributed by atoms with Crippen molar-refractivity contribution in [1.82, 2.24) is 19.9 Å². The van der Waals surface area contributed by atoms with Crippen molar-refractivity contribution >= 4 is 11.9 Å². The first-order chi connectivity index (χ1) is 8.69. The molecule has 1 unspecified atom stereocenters. The van der Waals surface area contributed by atoms with Gasteiger partial charge in [-0.3, -0.25) is 4.98 Å². The smallest absolute Gasteiger partial charge is 0.322 e. The van der Waals surface area contributed by atoms with E-state index in [2.05, 4.69) is 25.3 Å². The van der Waals surface area contributed by atoms with E-state index in [0.29, 0.717) is 5.95 Å². The number of nitrogens with zero attached hydrogens (tertiary/aromatic N) is 4. The number of nitrogens with one attached hydrogen (secondary N) is 1. The molecule has 0 saturated carbocycles. The number of nitrogens with two attached hydrogens (primary N) is 1. The molecule has 0 amide bonds. The van der Waals surface area contributed by atoms with Crippen LogP contribution in [0.4, 0.5) is 11.9 Å². The summed E-state index contributed by atoms with van der Waals surface area (Å²) in [6.45, 7) is 1.99. The molecule has 0 aliphatic rings. The van der Waals surface area contributed by atoms with Gasteiger partial charge in [0.25, 0.3) is 0 Å². The summed E-state index contributed by atoms with van der Waals surface area (Å²) in [7, 11) is 1.48. The van der Waals surface area contributed by atoms with Crippen molar-refractivity contribution < 1.29 is 4.74 Å². The molecule has 0 fully saturated rings. The summed E-state index contributed by atoms with van der Waals surface area (Å²) in [6.07, 6.45) is 3.46. The maximum Gasteiger partial charge on any atom is 0.322 e. The summed E-state index contributed by atoms with van der Waals surface area (Å²) in [5.41, 5.74) is 6.63. The van der Waals surface area contributed by atoms with E-state index in [4.69, 9.17) is 10.5 Å². The molecule has 2 aromatic rings. The first kappa shape index (κ1) is 12.0. The molecule has 94 valence electrons. The fourth-order valence-electron chi connectivity index (χ4n) is 1.46. The van der Waals surface area contributed by atoms with Gasteiger partial charge in [-0.25, -0.2) is 0 Å². The van der Waals surface area contributed by atoms with Crippen molar-refractivity contribution in [1.29, 1.82) is 0 Å². The van der Waals surface area contributed by atoms with Gasteiger partial charge in [-0.15, -0.1) is 0 Å². The van der Waals surface area contributed by atoms with Crippen LogP contribution in [0, 0.1) is 0 Å². The third-order valence-corrected chi connectivity index (χ3v) is 2.37. The number of methoxy groups -OCH3 is 1. The Labute approximate surface area is 104 Å². The van der Waals surface area contributed by atoms with Crippen LogP contribution in [0.5, 0.6) is 6.01 Å². The lowest BCUT2D eigenvalue weighted by molar-refractivity contribution is 0.379. The van der Waals surface area contributed by atoms with Crippen LogP contribution in [0.1, 0.15) is 18.5 Å². The van der Waals surface area contributed by atoms with Crippen LogP contribution in [0.15, 0.2) is 24.5 Å². The Kier molecular flexibility index (Phi) is 3.52. The molecule has 0 aliphatic heterocycles. The first-order valence-electron chi connectivity index (χ1n) is 5.41. The van der Waals surface area contributed by atoms with E-state index >= 15 is 0 Å². The van der Waals surface area contributed by atoms with Gasteiger partial charge < -0.3 is 15.8 Å². The summed E-state index contributed by atoms with van der Waals surface area (Å²) in [4.78, 5) is 15.8. The number of aromatic nitrogens is 4. The van der Waals surface area contributed by atoms with Gasteiger partial charge in [-0.1, -0.05) is 0 Å². The number of nitrogen functional groups attached to an aromatic ring is 1. The van der Waals surface area contributed by atoms with Gasteiger partial charge in [0.1, 0.15) is 0 Å². The standard InChI is InChI=1S/C11H14N6O/c1-7(8-3-5-13-6-4-8)14-10-15-9(12)16-11(17-10)18-2/h3-7H,1-2H3,(H3,12,14,15,16,17). The molecule has 2 rings (SSSR count). The summed E-state index contributed by atoms with van der Waals surface area (Å²) < 4.78 is 4.93. The van der Waals surface area contributed by atoms with Crippen molar-refractivity contribution in [3.63, 3.8) is 0 Å². The maximum atomic E-state index is 5.56. The van der Waals surface area contributed by atoms with E-state index in [-0.39, 0.29) is 18.0 Å². The summed E-state index contributed by atoms with van der Waals surface area (Å²) >= 11 is 0. The molecular formula is C11H14N6O. The summed E-state index contributed by atoms with van der Waals surface area (Å²) in [5, 5.41) is 3.12. The third kappa shape index (κ3) is 2.82. The van der Waals surface area contributed by atoms with Crippen molar-refractivity contribution in [3.8, 4) is 6.01 Å². The molecule has 0 aromatic carbocycles. The Morgan fingerprint density at radius 2 is 1.94 bits per heavy atom. The van der Waals surface area contributed by atoms with E-state index < -0.39 is 0 Å². The zero-order chi connectivity index (χ0) is 13.0. The Hall–Kier alpha value is -2.44. The minimum absolute atomic E-state index is 0.0273. The average Bonchev–Trinajstić information content (AvgIpc) is 2.39. The second-order valence-electron chi connectivity index (χ2n) is 3.65. The Morgan fingerprint density at radius 3 is 2.61 bits per heavy atom. The number of rotatable bonds is 4. The van der Waals surface area contributed by atoms with Crippen molar-refractivity contribution in [2.45, 2.75) is 13.0 Å². The maximum absolute atomic E-state index is 5.56. The van der Waals surface area contributed by atoms with Gasteiger partial charge in [0.15, 0.2) is 0 Å². The lowest BCUT2D eigenvalue weighted by Crippen LogP contribution is -2.12. The normalized spacial score (nSPS) is 11.9. The SMILES string of the molecule is COc1nc(N)nc(NC(C)c2ccncc2)n1. The van der Waals surface area contributed by atoms with Gasteiger partial charge in [0, 0.05) is 12.4 Å². The molecule has 0 aliphatic carbocycles. The van der Waals surface area contributed by atoms with Crippen LogP contribution in [-0.2, 0) is 0 Å². The van der Waals surface area contributed by atoms with E-state index in [9.17, 15) is 0 Å². The van der Waals surface area contributed by atoms with Crippen LogP contribution < -0.4 is 15.8 Å². The van der Waals surface area contributed by atoms with Crippen molar-refractivity contribution in [3.05, 3.63) is 30.1 Å². The van der Waals surface area contributed by atoms with Crippen LogP contribution in [0.25, 0.3) is 0 Å². The number of hydrogen-bond acceptors (Lipinski definition) is 7. The molecule has 2 heterocycles. The van der Waals surface area contributed by atoms with Crippen molar-refractivity contribution in [2.75, 3.05) is 18.2 Å². The molecule has 7 nitrogen and oxygen atoms in total. The Bertz CT molecular complexity index is 518. The molecule has 1 atom stereocenters. The molecule has 2 aromatic heterocycles. The fourth-order valence-corrected chi connectivity index (χ4v) is 1.46. The molecular weight excluding hydrogens is 232 g/mol. The lowest BCUT2D eigenvalue weighted by atomic mass is 10.1. The minimum atomic E-state index is 0.0273. The first-order valence-corrected chi connectivity index (χ1v) is 5.41. The van der Waals surface area contributed by atoms with Crippen molar-refractivity contribution in [2.24, 2.45) is 0 Å². The van der Waals surface area contributed by atoms with Crippen LogP contribution in [-0.4, -0.2) is 27.0 Å². The minimum Gasteiger partial charge on any atom is -0.467 e. The number of hydrogen-bond donors (Lipinski definition) is 2. The average molecular weight is 246 g/mol. The van der Waals surface area contributed by atoms with E-state index in [0.717, 1.165) is 5.56 Å². The van der Waals surface area contributed by atoms with E-state index in [1.165, 1.54) is 7.11 Å². The predicted octanol–water partition coefficient (Wildman–Crippen LogP) is 1.03. The predicted molar refractivity (Wildman–Crippen MR) is 67.1 cm³/mol. The Morgan fingerprint density at radius 1 is 1.22 bits per heavy atom. The highest BCUT2D eigenvalue weighted by molar-refractivity contribution is 5.35. The number of anilines is 2. The molecule has 7 heteroatoms. The quantitative estimate of drug-likeness (QED) is 0.831. The summed E-state index contributed by atoms with van der Waals surface area (Å²) in [5.74, 6) is 0.495. The monoisotopic (exact) mass is 246 g/mol. The molecule has 3 N–H and O–H groups in total. The molecule has 0 bridgehead atoms. The van der Waals surface area contributed by atoms with Crippen LogP contribution in [0.2, 0.25) is 0 Å². The zero-order valence-corrected chi connectivity index (χ0v) is 10.2. The highest BCUT2D eigenvalue weighted by Crippen LogP contribution is 2.17. The molecule has 0 radical (unpaired) electrons. The highest BCUT2D eigenvalue weighted by atomic mass is 16.5. The summed E-state index contributed by atoms with van der Waals surface area (Å²) in [6, 6.07) is 4.05. The van der Waals surface area contributed by atoms with E-state index in [1.807, 2.05) is 19.1 Å². The van der Waals surface area contributed by atoms with Gasteiger partial charge in [-0.2, -0.15) is 15.0 Å². The van der Waals surface area contributed by atoms with Crippen LogP contribution in [0.3, 0.4) is 0 Å². The topological polar surface area (TPSA) is 98.8 Å². The molecule has 0 saturated heterocycles. The third-order valence-electron chi connectivity index (χ3n) is 2.37. The Balaban J connectivity index is 2.16. The van der Waals surface area contributed by atoms with Gasteiger partial charge >= 0.3 is 6.01 Å². The number of pyridine rings is 1. The fraction of sp³-hybridized carbons (Fsp3) is 0.273. The zero-order valence-electron chi connectivity index (χ0n) is 10.2. The second-order valence-corrected chi connectivity index (χ2v) is 3.65. The highest BCUT2D eigenvalue weighted by Gasteiger charge is 2.09. The molecule has 0 spiro atoms. The van der Waals surface area contributed by atoms with Gasteiger partial charge in [0.05, 0.1) is 13.2 Å². The lowest BCUT2D eigenvalue weighted by Gasteiger charge is -2.14. The van der Waals surface area contributed by atoms with Gasteiger partial charge in [0.2, 0.25) is 11.9 Å².